The normalized spacial score (nSPS) is 16.9. The van der Waals surface area contributed by atoms with E-state index >= 15 is 0 Å². The van der Waals surface area contributed by atoms with Gasteiger partial charge in [-0.15, -0.1) is 0 Å². The largest absolute Gasteiger partial charge is 0.360 e. The molecular formula is C13H22N4O2. The number of aromatic nitrogens is 1. The van der Waals surface area contributed by atoms with Crippen LogP contribution in [0.3, 0.4) is 0 Å². The van der Waals surface area contributed by atoms with Crippen molar-refractivity contribution >= 4 is 6.03 Å². The van der Waals surface area contributed by atoms with Gasteiger partial charge in [-0.25, -0.2) is 4.79 Å². The highest BCUT2D eigenvalue weighted by molar-refractivity contribution is 5.74. The lowest BCUT2D eigenvalue weighted by atomic mass is 10.3. The minimum absolute atomic E-state index is 0.0326. The number of nitrogens with one attached hydrogen (secondary N) is 1. The van der Waals surface area contributed by atoms with Crippen molar-refractivity contribution in [2.45, 2.75) is 33.4 Å². The summed E-state index contributed by atoms with van der Waals surface area (Å²) >= 11 is 0. The van der Waals surface area contributed by atoms with Crippen molar-refractivity contribution in [3.05, 3.63) is 17.5 Å². The number of carbonyl (C=O) groups excluding carboxylic acids is 1. The molecule has 1 N–H and O–H groups in total. The first kappa shape index (κ1) is 13.9. The monoisotopic (exact) mass is 266 g/mol. The number of piperazine rings is 1. The van der Waals surface area contributed by atoms with Crippen LogP contribution in [0.5, 0.6) is 0 Å². The summed E-state index contributed by atoms with van der Waals surface area (Å²) in [5, 5.41) is 6.80. The molecule has 2 amide bonds. The topological polar surface area (TPSA) is 61.6 Å². The van der Waals surface area contributed by atoms with E-state index in [4.69, 9.17) is 4.52 Å². The van der Waals surface area contributed by atoms with E-state index in [0.29, 0.717) is 0 Å². The Hall–Kier alpha value is -1.56. The molecule has 0 unspecified atom stereocenters. The van der Waals surface area contributed by atoms with Gasteiger partial charge in [-0.2, -0.15) is 0 Å². The van der Waals surface area contributed by atoms with Crippen LogP contribution in [0.4, 0.5) is 4.79 Å². The molecule has 2 rings (SSSR count). The molecule has 19 heavy (non-hydrogen) atoms. The first-order chi connectivity index (χ1) is 9.04. The molecule has 0 bridgehead atoms. The van der Waals surface area contributed by atoms with E-state index in [0.717, 1.165) is 44.2 Å². The number of rotatable bonds is 3. The standard InChI is InChI=1S/C13H22N4O2/c1-10(2)14-13(18)17-6-4-16(5-7-17)9-12-8-11(3)15-19-12/h8,10H,4-7,9H2,1-3H3,(H,14,18). The van der Waals surface area contributed by atoms with Crippen LogP contribution in [0.1, 0.15) is 25.3 Å². The molecule has 2 heterocycles. The van der Waals surface area contributed by atoms with Crippen LogP contribution in [0.2, 0.25) is 0 Å². The van der Waals surface area contributed by atoms with E-state index in [1.165, 1.54) is 0 Å². The third kappa shape index (κ3) is 3.96. The molecule has 6 heteroatoms. The molecule has 1 fully saturated rings. The molecule has 0 aromatic carbocycles. The molecule has 6 nitrogen and oxygen atoms in total. The first-order valence-corrected chi connectivity index (χ1v) is 6.74. The maximum Gasteiger partial charge on any atom is 0.317 e. The van der Waals surface area contributed by atoms with Crippen LogP contribution in [0.15, 0.2) is 10.6 Å². The highest BCUT2D eigenvalue weighted by Gasteiger charge is 2.22. The number of hydrogen-bond acceptors (Lipinski definition) is 4. The van der Waals surface area contributed by atoms with Crippen LogP contribution in [-0.2, 0) is 6.54 Å². The fourth-order valence-electron chi connectivity index (χ4n) is 2.16. The predicted molar refractivity (Wildman–Crippen MR) is 71.8 cm³/mol. The fourth-order valence-corrected chi connectivity index (χ4v) is 2.16. The highest BCUT2D eigenvalue weighted by atomic mass is 16.5. The molecule has 1 aromatic heterocycles. The van der Waals surface area contributed by atoms with E-state index in [1.807, 2.05) is 31.7 Å². The molecule has 0 radical (unpaired) electrons. The maximum absolute atomic E-state index is 11.8. The highest BCUT2D eigenvalue weighted by Crippen LogP contribution is 2.09. The predicted octanol–water partition coefficient (Wildman–Crippen LogP) is 1.22. The Morgan fingerprint density at radius 2 is 2.11 bits per heavy atom. The first-order valence-electron chi connectivity index (χ1n) is 6.74. The molecular weight excluding hydrogens is 244 g/mol. The zero-order valence-electron chi connectivity index (χ0n) is 11.8. The second kappa shape index (κ2) is 6.06. The van der Waals surface area contributed by atoms with Gasteiger partial charge in [0.15, 0.2) is 5.76 Å². The Balaban J connectivity index is 1.77. The van der Waals surface area contributed by atoms with Crippen molar-refractivity contribution in [2.75, 3.05) is 26.2 Å². The van der Waals surface area contributed by atoms with Crippen molar-refractivity contribution in [1.29, 1.82) is 0 Å². The van der Waals surface area contributed by atoms with Crippen LogP contribution in [0.25, 0.3) is 0 Å². The second-order valence-corrected chi connectivity index (χ2v) is 5.30. The molecule has 1 aromatic rings. The summed E-state index contributed by atoms with van der Waals surface area (Å²) in [6.07, 6.45) is 0. The number of nitrogens with zero attached hydrogens (tertiary/aromatic N) is 3. The van der Waals surface area contributed by atoms with Gasteiger partial charge in [-0.05, 0) is 20.8 Å². The number of aryl methyl sites for hydroxylation is 1. The van der Waals surface area contributed by atoms with Crippen molar-refractivity contribution < 1.29 is 9.32 Å². The molecule has 0 aliphatic carbocycles. The van der Waals surface area contributed by atoms with Gasteiger partial charge in [0.1, 0.15) is 0 Å². The minimum atomic E-state index is 0.0326. The van der Waals surface area contributed by atoms with Crippen LogP contribution < -0.4 is 5.32 Å². The Morgan fingerprint density at radius 1 is 1.42 bits per heavy atom. The van der Waals surface area contributed by atoms with Crippen LogP contribution >= 0.6 is 0 Å². The molecule has 106 valence electrons. The average molecular weight is 266 g/mol. The third-order valence-electron chi connectivity index (χ3n) is 3.13. The Morgan fingerprint density at radius 3 is 2.63 bits per heavy atom. The van der Waals surface area contributed by atoms with Gasteiger partial charge in [-0.1, -0.05) is 5.16 Å². The summed E-state index contributed by atoms with van der Waals surface area (Å²) in [5.41, 5.74) is 0.907. The summed E-state index contributed by atoms with van der Waals surface area (Å²) in [7, 11) is 0. The third-order valence-corrected chi connectivity index (χ3v) is 3.13. The van der Waals surface area contributed by atoms with Gasteiger partial charge in [-0.3, -0.25) is 4.90 Å². The van der Waals surface area contributed by atoms with Crippen LogP contribution in [0, 0.1) is 6.92 Å². The summed E-state index contributed by atoms with van der Waals surface area (Å²) in [5.74, 6) is 0.887. The lowest BCUT2D eigenvalue weighted by Crippen LogP contribution is -2.52. The lowest BCUT2D eigenvalue weighted by Gasteiger charge is -2.34. The van der Waals surface area contributed by atoms with Crippen molar-refractivity contribution in [2.24, 2.45) is 0 Å². The van der Waals surface area contributed by atoms with E-state index in [1.54, 1.807) is 0 Å². The van der Waals surface area contributed by atoms with Gasteiger partial charge in [0.2, 0.25) is 0 Å². The van der Waals surface area contributed by atoms with Gasteiger partial charge < -0.3 is 14.7 Å². The average Bonchev–Trinajstić information content (AvgIpc) is 2.75. The smallest absolute Gasteiger partial charge is 0.317 e. The quantitative estimate of drug-likeness (QED) is 0.893. The molecule has 0 saturated carbocycles. The van der Waals surface area contributed by atoms with E-state index < -0.39 is 0 Å². The van der Waals surface area contributed by atoms with E-state index in [9.17, 15) is 4.79 Å². The number of amides is 2. The van der Waals surface area contributed by atoms with Crippen molar-refractivity contribution in [3.63, 3.8) is 0 Å². The SMILES string of the molecule is Cc1cc(CN2CCN(C(=O)NC(C)C)CC2)on1. The van der Waals surface area contributed by atoms with Crippen LogP contribution in [-0.4, -0.2) is 53.2 Å². The molecule has 0 spiro atoms. The Bertz CT molecular complexity index is 422. The van der Waals surface area contributed by atoms with Gasteiger partial charge >= 0.3 is 6.03 Å². The maximum atomic E-state index is 11.8. The summed E-state index contributed by atoms with van der Waals surface area (Å²) in [6.45, 7) is 9.87. The van der Waals surface area contributed by atoms with Crippen molar-refractivity contribution in [1.82, 2.24) is 20.3 Å². The number of urea groups is 1. The number of hydrogen-bond donors (Lipinski definition) is 1. The van der Waals surface area contributed by atoms with Gasteiger partial charge in [0.25, 0.3) is 0 Å². The van der Waals surface area contributed by atoms with Gasteiger partial charge in [0, 0.05) is 38.3 Å². The van der Waals surface area contributed by atoms with E-state index in [2.05, 4.69) is 15.4 Å². The molecule has 1 saturated heterocycles. The molecule has 1 aliphatic heterocycles. The molecule has 1 aliphatic rings. The Labute approximate surface area is 113 Å². The fraction of sp³-hybridized carbons (Fsp3) is 0.692. The summed E-state index contributed by atoms with van der Waals surface area (Å²) in [6, 6.07) is 2.17. The summed E-state index contributed by atoms with van der Waals surface area (Å²) in [4.78, 5) is 16.0. The minimum Gasteiger partial charge on any atom is -0.360 e. The molecule has 0 atom stereocenters. The zero-order chi connectivity index (χ0) is 13.8. The zero-order valence-corrected chi connectivity index (χ0v) is 11.8. The van der Waals surface area contributed by atoms with Crippen molar-refractivity contribution in [3.8, 4) is 0 Å². The second-order valence-electron chi connectivity index (χ2n) is 5.30. The van der Waals surface area contributed by atoms with E-state index in [-0.39, 0.29) is 12.1 Å². The lowest BCUT2D eigenvalue weighted by molar-refractivity contribution is 0.127. The number of carbonyl (C=O) groups is 1. The summed E-state index contributed by atoms with van der Waals surface area (Å²) < 4.78 is 5.21. The van der Waals surface area contributed by atoms with Gasteiger partial charge in [0.05, 0.1) is 12.2 Å². The Kier molecular flexibility index (Phi) is 4.42.